The first-order valence-electron chi connectivity index (χ1n) is 3.94. The fourth-order valence-electron chi connectivity index (χ4n) is 0.859. The lowest BCUT2D eigenvalue weighted by atomic mass is 10.3. The third-order valence-corrected chi connectivity index (χ3v) is 3.55. The van der Waals surface area contributed by atoms with E-state index < -0.39 is 0 Å². The predicted molar refractivity (Wildman–Crippen MR) is 65.1 cm³/mol. The molecule has 0 saturated heterocycles. The zero-order valence-corrected chi connectivity index (χ0v) is 11.1. The van der Waals surface area contributed by atoms with Crippen LogP contribution in [0, 0.1) is 0 Å². The smallest absolute Gasteiger partial charge is 0.253 e. The molecule has 1 aromatic rings. The molecule has 0 radical (unpaired) electrons. The molecule has 0 spiro atoms. The molecule has 0 atom stereocenters. The summed E-state index contributed by atoms with van der Waals surface area (Å²) in [5.74, 6) is -0.167. The number of nitrogens with one attached hydrogen (secondary N) is 1. The van der Waals surface area contributed by atoms with Gasteiger partial charge in [-0.25, -0.2) is 0 Å². The molecule has 1 aromatic heterocycles. The minimum absolute atomic E-state index is 0.167. The number of rotatable bonds is 4. The minimum atomic E-state index is -0.167. The standard InChI is InChI=1S/C8H8BrCl2NOS/c9-2-1-3-12-8(13)5-4-6(10)14-7(5)11/h4H,1-3H2,(H,12,13). The summed E-state index contributed by atoms with van der Waals surface area (Å²) >= 11 is 16.0. The van der Waals surface area contributed by atoms with Crippen molar-refractivity contribution in [2.75, 3.05) is 11.9 Å². The van der Waals surface area contributed by atoms with Crippen molar-refractivity contribution in [2.45, 2.75) is 6.42 Å². The van der Waals surface area contributed by atoms with Gasteiger partial charge in [0, 0.05) is 11.9 Å². The maximum Gasteiger partial charge on any atom is 0.253 e. The van der Waals surface area contributed by atoms with Crippen LogP contribution in [0.15, 0.2) is 6.07 Å². The quantitative estimate of drug-likeness (QED) is 0.667. The van der Waals surface area contributed by atoms with Crippen LogP contribution in [-0.4, -0.2) is 17.8 Å². The van der Waals surface area contributed by atoms with E-state index in [2.05, 4.69) is 21.2 Å². The highest BCUT2D eigenvalue weighted by Gasteiger charge is 2.13. The van der Waals surface area contributed by atoms with Gasteiger partial charge in [0.1, 0.15) is 4.34 Å². The Morgan fingerprint density at radius 2 is 2.29 bits per heavy atom. The molecule has 14 heavy (non-hydrogen) atoms. The Bertz CT molecular complexity index is 329. The fraction of sp³-hybridized carbons (Fsp3) is 0.375. The van der Waals surface area contributed by atoms with Gasteiger partial charge >= 0.3 is 0 Å². The maximum absolute atomic E-state index is 11.5. The molecule has 6 heteroatoms. The number of thiophene rings is 1. The Kier molecular flexibility index (Phi) is 5.23. The maximum atomic E-state index is 11.5. The van der Waals surface area contributed by atoms with Crippen molar-refractivity contribution in [3.63, 3.8) is 0 Å². The lowest BCUT2D eigenvalue weighted by Crippen LogP contribution is -2.24. The van der Waals surface area contributed by atoms with Gasteiger partial charge in [0.2, 0.25) is 0 Å². The SMILES string of the molecule is O=C(NCCCBr)c1cc(Cl)sc1Cl. The van der Waals surface area contributed by atoms with Crippen molar-refractivity contribution in [1.29, 1.82) is 0 Å². The van der Waals surface area contributed by atoms with E-state index in [0.717, 1.165) is 11.8 Å². The normalized spacial score (nSPS) is 10.2. The number of halogens is 3. The van der Waals surface area contributed by atoms with Crippen molar-refractivity contribution < 1.29 is 4.79 Å². The van der Waals surface area contributed by atoms with Crippen molar-refractivity contribution in [3.8, 4) is 0 Å². The Hall–Kier alpha value is 0.230. The Labute approximate surface area is 105 Å². The molecule has 78 valence electrons. The van der Waals surface area contributed by atoms with Gasteiger partial charge < -0.3 is 5.32 Å². The van der Waals surface area contributed by atoms with E-state index in [-0.39, 0.29) is 5.91 Å². The zero-order chi connectivity index (χ0) is 10.6. The Morgan fingerprint density at radius 3 is 2.79 bits per heavy atom. The van der Waals surface area contributed by atoms with Gasteiger partial charge in [-0.05, 0) is 12.5 Å². The number of carbonyl (C=O) groups excluding carboxylic acids is 1. The summed E-state index contributed by atoms with van der Waals surface area (Å²) in [6, 6.07) is 1.58. The van der Waals surface area contributed by atoms with Gasteiger partial charge in [0.25, 0.3) is 5.91 Å². The van der Waals surface area contributed by atoms with E-state index in [1.165, 1.54) is 11.3 Å². The van der Waals surface area contributed by atoms with Crippen LogP contribution in [0.5, 0.6) is 0 Å². The molecule has 0 bridgehead atoms. The largest absolute Gasteiger partial charge is 0.352 e. The van der Waals surface area contributed by atoms with Crippen molar-refractivity contribution >= 4 is 56.4 Å². The average Bonchev–Trinajstić information content (AvgIpc) is 2.45. The molecular weight excluding hydrogens is 309 g/mol. The second-order valence-corrected chi connectivity index (χ2v) is 5.61. The lowest BCUT2D eigenvalue weighted by molar-refractivity contribution is 0.0954. The molecule has 1 rings (SSSR count). The van der Waals surface area contributed by atoms with Crippen LogP contribution in [0.4, 0.5) is 0 Å². The monoisotopic (exact) mass is 315 g/mol. The molecule has 1 heterocycles. The van der Waals surface area contributed by atoms with E-state index in [4.69, 9.17) is 23.2 Å². The summed E-state index contributed by atoms with van der Waals surface area (Å²) < 4.78 is 0.965. The molecule has 0 aromatic carbocycles. The van der Waals surface area contributed by atoms with Gasteiger partial charge in [-0.3, -0.25) is 4.79 Å². The topological polar surface area (TPSA) is 29.1 Å². The van der Waals surface area contributed by atoms with Crippen LogP contribution in [0.3, 0.4) is 0 Å². The van der Waals surface area contributed by atoms with Crippen LogP contribution in [0.25, 0.3) is 0 Å². The van der Waals surface area contributed by atoms with E-state index >= 15 is 0 Å². The van der Waals surface area contributed by atoms with Gasteiger partial charge in [-0.1, -0.05) is 39.1 Å². The fourth-order valence-corrected chi connectivity index (χ4v) is 2.60. The summed E-state index contributed by atoms with van der Waals surface area (Å²) in [6.45, 7) is 0.633. The highest BCUT2D eigenvalue weighted by atomic mass is 79.9. The van der Waals surface area contributed by atoms with E-state index in [9.17, 15) is 4.79 Å². The average molecular weight is 317 g/mol. The third kappa shape index (κ3) is 3.42. The number of hydrogen-bond acceptors (Lipinski definition) is 2. The second-order valence-electron chi connectivity index (χ2n) is 2.54. The van der Waals surface area contributed by atoms with Crippen molar-refractivity contribution in [1.82, 2.24) is 5.32 Å². The molecule has 0 aliphatic rings. The number of alkyl halides is 1. The van der Waals surface area contributed by atoms with Gasteiger partial charge in [-0.15, -0.1) is 11.3 Å². The summed E-state index contributed by atoms with van der Waals surface area (Å²) in [7, 11) is 0. The Balaban J connectivity index is 2.56. The van der Waals surface area contributed by atoms with E-state index in [1.807, 2.05) is 0 Å². The number of amides is 1. The first kappa shape index (κ1) is 12.3. The van der Waals surface area contributed by atoms with Crippen LogP contribution in [-0.2, 0) is 0 Å². The van der Waals surface area contributed by atoms with Crippen molar-refractivity contribution in [3.05, 3.63) is 20.3 Å². The second kappa shape index (κ2) is 5.95. The van der Waals surface area contributed by atoms with E-state index in [1.54, 1.807) is 6.07 Å². The highest BCUT2D eigenvalue weighted by Crippen LogP contribution is 2.30. The molecule has 0 aliphatic carbocycles. The molecule has 1 N–H and O–H groups in total. The predicted octanol–water partition coefficient (Wildman–Crippen LogP) is 3.57. The van der Waals surface area contributed by atoms with Crippen LogP contribution in [0.2, 0.25) is 8.67 Å². The molecule has 0 aliphatic heterocycles. The third-order valence-electron chi connectivity index (χ3n) is 1.50. The molecule has 0 unspecified atom stereocenters. The minimum Gasteiger partial charge on any atom is -0.352 e. The molecule has 0 fully saturated rings. The molecule has 0 saturated carbocycles. The summed E-state index contributed by atoms with van der Waals surface area (Å²) in [5, 5.41) is 3.62. The first-order valence-corrected chi connectivity index (χ1v) is 6.63. The van der Waals surface area contributed by atoms with Crippen molar-refractivity contribution in [2.24, 2.45) is 0 Å². The lowest BCUT2D eigenvalue weighted by Gasteiger charge is -2.01. The van der Waals surface area contributed by atoms with Gasteiger partial charge in [-0.2, -0.15) is 0 Å². The summed E-state index contributed by atoms with van der Waals surface area (Å²) in [6.07, 6.45) is 0.890. The molecule has 1 amide bonds. The molecular formula is C8H8BrCl2NOS. The zero-order valence-electron chi connectivity index (χ0n) is 7.15. The molecule has 2 nitrogen and oxygen atoms in total. The van der Waals surface area contributed by atoms with Gasteiger partial charge in [0.05, 0.1) is 9.90 Å². The van der Waals surface area contributed by atoms with E-state index in [0.29, 0.717) is 20.8 Å². The first-order chi connectivity index (χ1) is 6.65. The summed E-state index contributed by atoms with van der Waals surface area (Å²) in [5.41, 5.74) is 0.455. The number of carbonyl (C=O) groups is 1. The number of hydrogen-bond donors (Lipinski definition) is 1. The van der Waals surface area contributed by atoms with Crippen LogP contribution in [0.1, 0.15) is 16.8 Å². The van der Waals surface area contributed by atoms with Crippen LogP contribution >= 0.6 is 50.5 Å². The summed E-state index contributed by atoms with van der Waals surface area (Å²) in [4.78, 5) is 11.5. The van der Waals surface area contributed by atoms with Crippen LogP contribution < -0.4 is 5.32 Å². The Morgan fingerprint density at radius 1 is 1.57 bits per heavy atom. The van der Waals surface area contributed by atoms with Gasteiger partial charge in [0.15, 0.2) is 0 Å². The highest BCUT2D eigenvalue weighted by molar-refractivity contribution is 9.09.